The molecular formula is C21H22Cl2N4O2S. The van der Waals surface area contributed by atoms with Crippen LogP contribution in [-0.2, 0) is 11.8 Å². The molecule has 1 amide bonds. The maximum absolute atomic E-state index is 12.3. The quantitative estimate of drug-likeness (QED) is 0.324. The van der Waals surface area contributed by atoms with Gasteiger partial charge in [-0.3, -0.25) is 4.79 Å². The third-order valence-corrected chi connectivity index (χ3v) is 5.65. The summed E-state index contributed by atoms with van der Waals surface area (Å²) in [4.78, 5) is 12.3. The van der Waals surface area contributed by atoms with Crippen LogP contribution in [0.1, 0.15) is 19.8 Å². The van der Waals surface area contributed by atoms with Gasteiger partial charge in [-0.05, 0) is 48.9 Å². The molecule has 6 nitrogen and oxygen atoms in total. The zero-order valence-corrected chi connectivity index (χ0v) is 19.0. The van der Waals surface area contributed by atoms with Gasteiger partial charge in [0.05, 0.1) is 12.4 Å². The Kier molecular flexibility index (Phi) is 8.01. The molecule has 0 spiro atoms. The SMILES string of the molecule is CCCCOc1ccc(-c2nnc(SCC(=O)Nc3cc(Cl)cc(Cl)c3)n2C)cc1. The largest absolute Gasteiger partial charge is 0.494 e. The minimum Gasteiger partial charge on any atom is -0.494 e. The Morgan fingerprint density at radius 2 is 1.83 bits per heavy atom. The lowest BCUT2D eigenvalue weighted by molar-refractivity contribution is -0.113. The van der Waals surface area contributed by atoms with Gasteiger partial charge in [-0.1, -0.05) is 48.3 Å². The maximum atomic E-state index is 12.3. The van der Waals surface area contributed by atoms with Crippen LogP contribution in [0.25, 0.3) is 11.4 Å². The Balaban J connectivity index is 1.59. The van der Waals surface area contributed by atoms with E-state index in [9.17, 15) is 4.79 Å². The molecule has 0 radical (unpaired) electrons. The van der Waals surface area contributed by atoms with Crippen LogP contribution in [0, 0.1) is 0 Å². The van der Waals surface area contributed by atoms with E-state index in [2.05, 4.69) is 22.4 Å². The standard InChI is InChI=1S/C21H22Cl2N4O2S/c1-3-4-9-29-18-7-5-14(6-8-18)20-25-26-21(27(20)2)30-13-19(28)24-17-11-15(22)10-16(23)12-17/h5-8,10-12H,3-4,9,13H2,1-2H3,(H,24,28). The minimum atomic E-state index is -0.184. The molecule has 0 aliphatic heterocycles. The first-order valence-electron chi connectivity index (χ1n) is 9.47. The van der Waals surface area contributed by atoms with Crippen molar-refractivity contribution in [2.75, 3.05) is 17.7 Å². The number of rotatable bonds is 9. The van der Waals surface area contributed by atoms with Gasteiger partial charge < -0.3 is 14.6 Å². The van der Waals surface area contributed by atoms with E-state index < -0.39 is 0 Å². The molecule has 2 aromatic carbocycles. The highest BCUT2D eigenvalue weighted by Gasteiger charge is 2.13. The molecule has 0 atom stereocenters. The maximum Gasteiger partial charge on any atom is 0.234 e. The van der Waals surface area contributed by atoms with Crippen molar-refractivity contribution in [1.29, 1.82) is 0 Å². The number of hydrogen-bond donors (Lipinski definition) is 1. The van der Waals surface area contributed by atoms with Gasteiger partial charge in [0.2, 0.25) is 5.91 Å². The summed E-state index contributed by atoms with van der Waals surface area (Å²) in [6.07, 6.45) is 2.13. The summed E-state index contributed by atoms with van der Waals surface area (Å²) in [6, 6.07) is 12.7. The lowest BCUT2D eigenvalue weighted by Gasteiger charge is -2.08. The zero-order valence-electron chi connectivity index (χ0n) is 16.7. The fourth-order valence-corrected chi connectivity index (χ4v) is 3.92. The van der Waals surface area contributed by atoms with Crippen LogP contribution in [0.2, 0.25) is 10.0 Å². The highest BCUT2D eigenvalue weighted by Crippen LogP contribution is 2.26. The highest BCUT2D eigenvalue weighted by atomic mass is 35.5. The molecule has 3 rings (SSSR count). The average molecular weight is 465 g/mol. The van der Waals surface area contributed by atoms with Crippen molar-refractivity contribution in [3.05, 3.63) is 52.5 Å². The van der Waals surface area contributed by atoms with Crippen LogP contribution in [0.3, 0.4) is 0 Å². The molecule has 1 aromatic heterocycles. The number of unbranched alkanes of at least 4 members (excludes halogenated alkanes) is 1. The van der Waals surface area contributed by atoms with Crippen LogP contribution in [0.4, 0.5) is 5.69 Å². The fourth-order valence-electron chi connectivity index (χ4n) is 2.68. The van der Waals surface area contributed by atoms with E-state index in [0.29, 0.717) is 27.5 Å². The Bertz CT molecular complexity index is 988. The number of thioether (sulfide) groups is 1. The fraction of sp³-hybridized carbons (Fsp3) is 0.286. The van der Waals surface area contributed by atoms with E-state index in [-0.39, 0.29) is 11.7 Å². The van der Waals surface area contributed by atoms with Crippen molar-refractivity contribution in [1.82, 2.24) is 14.8 Å². The summed E-state index contributed by atoms with van der Waals surface area (Å²) in [5.74, 6) is 1.55. The van der Waals surface area contributed by atoms with Gasteiger partial charge in [-0.25, -0.2) is 0 Å². The summed E-state index contributed by atoms with van der Waals surface area (Å²) in [6.45, 7) is 2.84. The molecule has 1 N–H and O–H groups in total. The molecule has 9 heteroatoms. The number of carbonyl (C=O) groups excluding carboxylic acids is 1. The van der Waals surface area contributed by atoms with E-state index in [1.54, 1.807) is 18.2 Å². The number of nitrogens with one attached hydrogen (secondary N) is 1. The Morgan fingerprint density at radius 3 is 2.50 bits per heavy atom. The van der Waals surface area contributed by atoms with Gasteiger partial charge >= 0.3 is 0 Å². The predicted octanol–water partition coefficient (Wildman–Crippen LogP) is 5.70. The van der Waals surface area contributed by atoms with Crippen LogP contribution in [-0.4, -0.2) is 33.0 Å². The lowest BCUT2D eigenvalue weighted by atomic mass is 10.2. The first-order valence-corrected chi connectivity index (χ1v) is 11.2. The summed E-state index contributed by atoms with van der Waals surface area (Å²) in [7, 11) is 1.87. The van der Waals surface area contributed by atoms with Crippen LogP contribution < -0.4 is 10.1 Å². The summed E-state index contributed by atoms with van der Waals surface area (Å²) in [5, 5.41) is 12.8. The molecule has 158 valence electrons. The third kappa shape index (κ3) is 6.14. The van der Waals surface area contributed by atoms with Crippen molar-refractivity contribution < 1.29 is 9.53 Å². The molecule has 0 bridgehead atoms. The Morgan fingerprint density at radius 1 is 1.13 bits per heavy atom. The second-order valence-corrected chi connectivity index (χ2v) is 8.40. The van der Waals surface area contributed by atoms with Crippen LogP contribution in [0.15, 0.2) is 47.6 Å². The van der Waals surface area contributed by atoms with Crippen molar-refractivity contribution in [2.24, 2.45) is 7.05 Å². The molecule has 0 saturated carbocycles. The van der Waals surface area contributed by atoms with Gasteiger partial charge in [0, 0.05) is 28.3 Å². The number of halogens is 2. The van der Waals surface area contributed by atoms with Crippen molar-refractivity contribution in [2.45, 2.75) is 24.9 Å². The lowest BCUT2D eigenvalue weighted by Crippen LogP contribution is -2.14. The monoisotopic (exact) mass is 464 g/mol. The number of anilines is 1. The average Bonchev–Trinajstić information content (AvgIpc) is 3.07. The minimum absolute atomic E-state index is 0.181. The third-order valence-electron chi connectivity index (χ3n) is 4.19. The summed E-state index contributed by atoms with van der Waals surface area (Å²) >= 11 is 13.2. The molecule has 1 heterocycles. The Hall–Kier alpha value is -2.22. The normalized spacial score (nSPS) is 10.8. The summed E-state index contributed by atoms with van der Waals surface area (Å²) < 4.78 is 7.56. The Labute approximate surface area is 189 Å². The molecule has 0 saturated heterocycles. The van der Waals surface area contributed by atoms with Crippen molar-refractivity contribution in [3.8, 4) is 17.1 Å². The molecule has 0 aliphatic carbocycles. The van der Waals surface area contributed by atoms with Gasteiger partial charge in [-0.2, -0.15) is 0 Å². The van der Waals surface area contributed by atoms with E-state index in [0.717, 1.165) is 30.0 Å². The van der Waals surface area contributed by atoms with E-state index >= 15 is 0 Å². The molecule has 0 aliphatic rings. The first-order chi connectivity index (χ1) is 14.5. The molecular weight excluding hydrogens is 443 g/mol. The second-order valence-electron chi connectivity index (χ2n) is 6.59. The smallest absolute Gasteiger partial charge is 0.234 e. The van der Waals surface area contributed by atoms with Crippen molar-refractivity contribution in [3.63, 3.8) is 0 Å². The van der Waals surface area contributed by atoms with Gasteiger partial charge in [0.15, 0.2) is 11.0 Å². The zero-order chi connectivity index (χ0) is 21.5. The number of carbonyl (C=O) groups is 1. The second kappa shape index (κ2) is 10.7. The number of aromatic nitrogens is 3. The number of nitrogens with zero attached hydrogens (tertiary/aromatic N) is 3. The molecule has 3 aromatic rings. The number of hydrogen-bond acceptors (Lipinski definition) is 5. The number of benzene rings is 2. The van der Waals surface area contributed by atoms with Gasteiger partial charge in [0.1, 0.15) is 5.75 Å². The number of ether oxygens (including phenoxy) is 1. The first kappa shape index (κ1) is 22.5. The highest BCUT2D eigenvalue weighted by molar-refractivity contribution is 7.99. The summed E-state index contributed by atoms with van der Waals surface area (Å²) in [5.41, 5.74) is 1.48. The van der Waals surface area contributed by atoms with Crippen LogP contribution >= 0.6 is 35.0 Å². The molecule has 0 unspecified atom stereocenters. The molecule has 30 heavy (non-hydrogen) atoms. The van der Waals surface area contributed by atoms with E-state index in [1.165, 1.54) is 11.8 Å². The van der Waals surface area contributed by atoms with E-state index in [1.807, 2.05) is 35.9 Å². The van der Waals surface area contributed by atoms with Gasteiger partial charge in [0.25, 0.3) is 0 Å². The van der Waals surface area contributed by atoms with Crippen LogP contribution in [0.5, 0.6) is 5.75 Å². The predicted molar refractivity (Wildman–Crippen MR) is 123 cm³/mol. The number of amides is 1. The van der Waals surface area contributed by atoms with Gasteiger partial charge in [-0.15, -0.1) is 10.2 Å². The van der Waals surface area contributed by atoms with Crippen molar-refractivity contribution >= 4 is 46.6 Å². The molecule has 0 fully saturated rings. The topological polar surface area (TPSA) is 69.0 Å². The van der Waals surface area contributed by atoms with E-state index in [4.69, 9.17) is 27.9 Å².